The zero-order valence-electron chi connectivity index (χ0n) is 9.16. The number of phenolic OH excluding ortho intramolecular Hbond substituents is 1. The summed E-state index contributed by atoms with van der Waals surface area (Å²) in [5, 5.41) is 9.83. The second-order valence-electron chi connectivity index (χ2n) is 3.41. The Bertz CT molecular complexity index is 427. The molecule has 1 unspecified atom stereocenters. The van der Waals surface area contributed by atoms with Gasteiger partial charge in [0.25, 0.3) is 0 Å². The van der Waals surface area contributed by atoms with E-state index in [1.807, 2.05) is 6.92 Å². The molecule has 0 aliphatic rings. The molecule has 0 amide bonds. The molecule has 0 fully saturated rings. The lowest BCUT2D eigenvalue weighted by molar-refractivity contribution is 0.0600. The number of carbonyl (C=O) groups is 1. The number of esters is 1. The number of hydrogen-bond donors (Lipinski definition) is 1. The van der Waals surface area contributed by atoms with Crippen LogP contribution in [0.15, 0.2) is 29.3 Å². The summed E-state index contributed by atoms with van der Waals surface area (Å²) < 4.78 is 5.10. The quantitative estimate of drug-likeness (QED) is 0.685. The van der Waals surface area contributed by atoms with Gasteiger partial charge < -0.3 is 9.84 Å². The van der Waals surface area contributed by atoms with Crippen LogP contribution in [0.5, 0.6) is 5.75 Å². The fraction of sp³-hybridized carbons (Fsp3) is 0.250. The number of carbonyl (C=O) groups excluding carboxylic acids is 1. The summed E-state index contributed by atoms with van der Waals surface area (Å²) >= 11 is 3.20. The molecule has 0 aliphatic carbocycles. The molecule has 1 rings (SSSR count). The molecule has 16 heavy (non-hydrogen) atoms. The van der Waals surface area contributed by atoms with Gasteiger partial charge in [0.05, 0.1) is 17.1 Å². The molecule has 0 heterocycles. The lowest BCUT2D eigenvalue weighted by Gasteiger charge is -2.12. The van der Waals surface area contributed by atoms with Crippen molar-refractivity contribution in [3.05, 3.63) is 40.4 Å². The number of ether oxygens (including phenoxy) is 1. The largest absolute Gasteiger partial charge is 0.506 e. The molecule has 0 radical (unpaired) electrons. The Morgan fingerprint density at radius 3 is 2.75 bits per heavy atom. The Morgan fingerprint density at radius 1 is 1.62 bits per heavy atom. The predicted octanol–water partition coefficient (Wildman–Crippen LogP) is 3.23. The minimum Gasteiger partial charge on any atom is -0.506 e. The summed E-state index contributed by atoms with van der Waals surface area (Å²) in [5.41, 5.74) is 1.04. The maximum Gasteiger partial charge on any atom is 0.337 e. The third-order valence-electron chi connectivity index (χ3n) is 2.36. The predicted molar refractivity (Wildman–Crippen MR) is 65.8 cm³/mol. The van der Waals surface area contributed by atoms with Crippen molar-refractivity contribution in [3.8, 4) is 5.75 Å². The SMILES string of the molecule is C=CC(C)c1cc(C(=O)OC)cc(Br)c1O. The molecular weight excluding hydrogens is 272 g/mol. The van der Waals surface area contributed by atoms with Gasteiger partial charge >= 0.3 is 5.97 Å². The molecule has 0 aliphatic heterocycles. The van der Waals surface area contributed by atoms with E-state index in [1.165, 1.54) is 13.2 Å². The third-order valence-corrected chi connectivity index (χ3v) is 2.96. The number of rotatable bonds is 3. The van der Waals surface area contributed by atoms with Crippen LogP contribution in [0.4, 0.5) is 0 Å². The maximum absolute atomic E-state index is 11.4. The zero-order valence-corrected chi connectivity index (χ0v) is 10.7. The molecule has 0 spiro atoms. The number of phenols is 1. The smallest absolute Gasteiger partial charge is 0.337 e. The molecule has 1 N–H and O–H groups in total. The maximum atomic E-state index is 11.4. The van der Waals surface area contributed by atoms with Gasteiger partial charge in [0.15, 0.2) is 0 Å². The normalized spacial score (nSPS) is 11.9. The van der Waals surface area contributed by atoms with E-state index < -0.39 is 5.97 Å². The first kappa shape index (κ1) is 12.8. The van der Waals surface area contributed by atoms with Crippen molar-refractivity contribution in [2.24, 2.45) is 0 Å². The zero-order chi connectivity index (χ0) is 12.3. The van der Waals surface area contributed by atoms with E-state index in [2.05, 4.69) is 27.2 Å². The van der Waals surface area contributed by atoms with E-state index in [1.54, 1.807) is 12.1 Å². The molecule has 1 aromatic carbocycles. The van der Waals surface area contributed by atoms with Gasteiger partial charge in [-0.2, -0.15) is 0 Å². The van der Waals surface area contributed by atoms with Crippen molar-refractivity contribution in [3.63, 3.8) is 0 Å². The lowest BCUT2D eigenvalue weighted by atomic mass is 9.98. The molecule has 86 valence electrons. The molecule has 1 atom stereocenters. The van der Waals surface area contributed by atoms with Crippen molar-refractivity contribution in [1.29, 1.82) is 0 Å². The summed E-state index contributed by atoms with van der Waals surface area (Å²) in [4.78, 5) is 11.4. The summed E-state index contributed by atoms with van der Waals surface area (Å²) in [6.07, 6.45) is 1.70. The van der Waals surface area contributed by atoms with E-state index in [0.717, 1.165) is 0 Å². The van der Waals surface area contributed by atoms with E-state index >= 15 is 0 Å². The summed E-state index contributed by atoms with van der Waals surface area (Å²) in [6.45, 7) is 5.54. The number of aromatic hydroxyl groups is 1. The first-order chi connectivity index (χ1) is 7.51. The number of halogens is 1. The van der Waals surface area contributed by atoms with Gasteiger partial charge in [-0.1, -0.05) is 13.0 Å². The second-order valence-corrected chi connectivity index (χ2v) is 4.27. The molecule has 0 saturated heterocycles. The summed E-state index contributed by atoms with van der Waals surface area (Å²) in [7, 11) is 1.32. The topological polar surface area (TPSA) is 46.5 Å². The van der Waals surface area contributed by atoms with Crippen molar-refractivity contribution in [2.45, 2.75) is 12.8 Å². The molecule has 0 aromatic heterocycles. The number of allylic oxidation sites excluding steroid dienone is 1. The van der Waals surface area contributed by atoms with Crippen molar-refractivity contribution in [2.75, 3.05) is 7.11 Å². The highest BCUT2D eigenvalue weighted by Crippen LogP contribution is 2.34. The monoisotopic (exact) mass is 284 g/mol. The molecular formula is C12H13BrO3. The number of hydrogen-bond acceptors (Lipinski definition) is 3. The average Bonchev–Trinajstić information content (AvgIpc) is 2.30. The molecule has 3 nitrogen and oxygen atoms in total. The van der Waals surface area contributed by atoms with Crippen molar-refractivity contribution in [1.82, 2.24) is 0 Å². The van der Waals surface area contributed by atoms with Crippen LogP contribution < -0.4 is 0 Å². The van der Waals surface area contributed by atoms with Gasteiger partial charge in [0, 0.05) is 11.5 Å². The number of methoxy groups -OCH3 is 1. The Hall–Kier alpha value is -1.29. The van der Waals surface area contributed by atoms with Crippen LogP contribution in [0.25, 0.3) is 0 Å². The molecule has 0 bridgehead atoms. The van der Waals surface area contributed by atoms with Crippen LogP contribution in [0.1, 0.15) is 28.8 Å². The Balaban J connectivity index is 3.32. The van der Waals surface area contributed by atoms with Crippen LogP contribution in [0.2, 0.25) is 0 Å². The van der Waals surface area contributed by atoms with E-state index in [-0.39, 0.29) is 11.7 Å². The highest BCUT2D eigenvalue weighted by Gasteiger charge is 2.15. The van der Waals surface area contributed by atoms with Gasteiger partial charge in [0.2, 0.25) is 0 Å². The fourth-order valence-electron chi connectivity index (χ4n) is 1.33. The molecule has 4 heteroatoms. The van der Waals surface area contributed by atoms with Crippen LogP contribution in [-0.2, 0) is 4.74 Å². The highest BCUT2D eigenvalue weighted by atomic mass is 79.9. The lowest BCUT2D eigenvalue weighted by Crippen LogP contribution is -2.03. The summed E-state index contributed by atoms with van der Waals surface area (Å²) in [5.74, 6) is -0.348. The minimum absolute atomic E-state index is 0.0408. The minimum atomic E-state index is -0.432. The molecule has 1 aromatic rings. The van der Waals surface area contributed by atoms with Gasteiger partial charge in [-0.25, -0.2) is 4.79 Å². The first-order valence-corrected chi connectivity index (χ1v) is 5.53. The van der Waals surface area contributed by atoms with Gasteiger partial charge in [-0.15, -0.1) is 6.58 Å². The fourth-order valence-corrected chi connectivity index (χ4v) is 1.81. The van der Waals surface area contributed by atoms with Gasteiger partial charge in [0.1, 0.15) is 5.75 Å². The first-order valence-electron chi connectivity index (χ1n) is 4.74. The van der Waals surface area contributed by atoms with E-state index in [9.17, 15) is 9.90 Å². The standard InChI is InChI=1S/C12H13BrO3/c1-4-7(2)9-5-8(12(15)16-3)6-10(13)11(9)14/h4-7,14H,1H2,2-3H3. The van der Waals surface area contributed by atoms with Crippen molar-refractivity contribution >= 4 is 21.9 Å². The third kappa shape index (κ3) is 2.44. The second kappa shape index (κ2) is 5.16. The van der Waals surface area contributed by atoms with Crippen LogP contribution in [0, 0.1) is 0 Å². The molecule has 0 saturated carbocycles. The van der Waals surface area contributed by atoms with Crippen LogP contribution >= 0.6 is 15.9 Å². The van der Waals surface area contributed by atoms with Crippen LogP contribution in [-0.4, -0.2) is 18.2 Å². The van der Waals surface area contributed by atoms with Gasteiger partial charge in [-0.3, -0.25) is 0 Å². The highest BCUT2D eigenvalue weighted by molar-refractivity contribution is 9.10. The Morgan fingerprint density at radius 2 is 2.25 bits per heavy atom. The average molecular weight is 285 g/mol. The van der Waals surface area contributed by atoms with E-state index in [0.29, 0.717) is 15.6 Å². The van der Waals surface area contributed by atoms with Crippen LogP contribution in [0.3, 0.4) is 0 Å². The Labute approximate surface area is 103 Å². The number of benzene rings is 1. The summed E-state index contributed by atoms with van der Waals surface area (Å²) in [6, 6.07) is 3.14. The Kier molecular flexibility index (Phi) is 4.12. The van der Waals surface area contributed by atoms with Crippen molar-refractivity contribution < 1.29 is 14.6 Å². The van der Waals surface area contributed by atoms with Gasteiger partial charge in [-0.05, 0) is 28.1 Å². The van der Waals surface area contributed by atoms with E-state index in [4.69, 9.17) is 0 Å².